The van der Waals surface area contributed by atoms with Crippen molar-refractivity contribution < 1.29 is 53.4 Å². The van der Waals surface area contributed by atoms with E-state index in [2.05, 4.69) is 216 Å². The van der Waals surface area contributed by atoms with Crippen LogP contribution < -0.4 is 21.7 Å². The molecule has 0 atom stereocenters. The Morgan fingerprint density at radius 1 is 0.496 bits per heavy atom. The van der Waals surface area contributed by atoms with Crippen LogP contribution in [0, 0.1) is 0 Å². The second-order valence-electron chi connectivity index (χ2n) is 39.8. The number of aryl methyl sites for hydroxylation is 2. The summed E-state index contributed by atoms with van der Waals surface area (Å²) in [5.74, 6) is 9.75. The molecule has 0 spiro atoms. The highest BCUT2D eigenvalue weighted by Crippen LogP contribution is 2.44. The SMILES string of the molecule is CC(C)(C)c1nc(-c2cccc(P(C)(C)=O)c2)no1.CC(C)(C)c1nc(-n2cnc(S(=O)(=O)N3CCOCC3)c2)no1.CC(C)(C)c1ncc(NCc2ccccc2)o1.CC(C)(C)c1nnc(CCc2ccccc2)o1.CC(C)(C)c1nnc(CN2CCC(N)CC2)o1.CC(C)(C)c1nnc(CSc2ccccc2)o1.CCP(=O)(CC)c1cccc(-c2ncc(C(C)(C)C)o2)c1. The molecule has 10 heterocycles. The lowest BCUT2D eigenvalue weighted by Crippen LogP contribution is -2.40. The predicted molar refractivity (Wildman–Crippen MR) is 516 cm³/mol. The highest BCUT2D eigenvalue weighted by molar-refractivity contribution is 7.98. The van der Waals surface area contributed by atoms with E-state index in [0.29, 0.717) is 103 Å². The molecule has 8 aromatic heterocycles. The first-order valence-electron chi connectivity index (χ1n) is 44.4. The number of imidazole rings is 1. The standard InChI is InChI=1S/C17H24NO2P.C14H19N2O2P.2C14H18N2O.C13H19N5O4S.C13H16N2OS.C12H22N4O/c1-6-21(19,7-2)14-10-8-9-13(11-14)16-18-12-15(20-16)17(3,4)5;1-14(2,3)13-15-12(16-18-13)10-7-6-8-11(9-10)19(4,5)17;1-14(2,3)13-16-10-12(17-13)15-9-11-7-5-4-6-8-11;1-14(2,3)13-16-15-12(17-13)10-9-11-7-5-4-6-8-11;1-13(2,3)11-15-12(16-22-11)17-8-10(14-9-17)23(19,20)18-4-6-21-7-5-18;1-13(2,3)12-15-14-11(16-12)9-17-10-7-5-4-6-8-10;1-12(2,3)11-15-14-10(17-11)8-16-6-4-9(13)5-7-16/h8-12H,6-7H2,1-5H3;6-9H,1-5H3;4-8,10,15H,9H2,1-3H3;4-8H,9-10H2,1-3H3;8-9H,4-7H2,1-3H3;4-8H,9H2,1-3H3;9H,4-8,13H2,1-3H3. The second kappa shape index (κ2) is 45.5. The zero-order chi connectivity index (χ0) is 96.0. The zero-order valence-electron chi connectivity index (χ0n) is 81.1. The predicted octanol–water partition coefficient (Wildman–Crippen LogP) is 20.2. The molecule has 131 heavy (non-hydrogen) atoms. The second-order valence-corrected chi connectivity index (χ2v) is 49.5. The minimum Gasteiger partial charge on any atom is -0.441 e. The number of nitrogens with two attached hydrogens (primary N) is 1. The first-order chi connectivity index (χ1) is 61.4. The number of hydrogen-bond donors (Lipinski definition) is 2. The molecule has 2 aliphatic heterocycles. The van der Waals surface area contributed by atoms with E-state index in [1.54, 1.807) is 37.5 Å². The van der Waals surface area contributed by atoms with Crippen molar-refractivity contribution in [1.29, 1.82) is 0 Å². The van der Waals surface area contributed by atoms with Crippen molar-refractivity contribution in [2.45, 2.75) is 258 Å². The van der Waals surface area contributed by atoms with Crippen molar-refractivity contribution >= 4 is 52.6 Å². The van der Waals surface area contributed by atoms with Gasteiger partial charge in [0.25, 0.3) is 16.0 Å². The molecule has 2 fully saturated rings. The van der Waals surface area contributed by atoms with E-state index in [9.17, 15) is 17.5 Å². The third kappa shape index (κ3) is 32.3. The average molecular weight is 1870 g/mol. The van der Waals surface area contributed by atoms with Crippen LogP contribution in [0.25, 0.3) is 28.8 Å². The van der Waals surface area contributed by atoms with Crippen molar-refractivity contribution in [3.05, 3.63) is 234 Å². The number of thioether (sulfide) groups is 1. The summed E-state index contributed by atoms with van der Waals surface area (Å²) >= 11 is 1.70. The quantitative estimate of drug-likeness (QED) is 0.0528. The lowest BCUT2D eigenvalue weighted by molar-refractivity contribution is 0.0729. The summed E-state index contributed by atoms with van der Waals surface area (Å²) in [5, 5.41) is 37.3. The fourth-order valence-corrected chi connectivity index (χ4v) is 17.1. The summed E-state index contributed by atoms with van der Waals surface area (Å²) in [4.78, 5) is 24.8. The van der Waals surface area contributed by atoms with Gasteiger partial charge < -0.3 is 56.0 Å². The van der Waals surface area contributed by atoms with Gasteiger partial charge in [0.15, 0.2) is 5.03 Å². The number of benzene rings is 5. The van der Waals surface area contributed by atoms with E-state index >= 15 is 0 Å². The van der Waals surface area contributed by atoms with Crippen LogP contribution >= 0.6 is 26.0 Å². The molecule has 0 bridgehead atoms. The molecule has 0 amide bonds. The van der Waals surface area contributed by atoms with Crippen molar-refractivity contribution in [1.82, 2.24) is 79.6 Å². The van der Waals surface area contributed by atoms with Gasteiger partial charge in [-0.05, 0) is 79.2 Å². The summed E-state index contributed by atoms with van der Waals surface area (Å²) in [5.41, 5.74) is 9.32. The topological polar surface area (TPSA) is 387 Å². The summed E-state index contributed by atoms with van der Waals surface area (Å²) in [6.07, 6.45) is 11.5. The van der Waals surface area contributed by atoms with E-state index in [1.165, 1.54) is 37.4 Å². The largest absolute Gasteiger partial charge is 0.441 e. The summed E-state index contributed by atoms with van der Waals surface area (Å²) in [7, 11) is -8.19. The van der Waals surface area contributed by atoms with Crippen LogP contribution in [-0.2, 0) is 93.5 Å². The van der Waals surface area contributed by atoms with Crippen molar-refractivity contribution in [2.75, 3.05) is 70.4 Å². The van der Waals surface area contributed by atoms with Crippen LogP contribution in [0.1, 0.15) is 242 Å². The maximum absolute atomic E-state index is 12.8. The number of aromatic nitrogens is 14. The fraction of sp³-hybridized carbons (Fsp3) is 0.495. The summed E-state index contributed by atoms with van der Waals surface area (Å²) < 4.78 is 96.9. The lowest BCUT2D eigenvalue weighted by Gasteiger charge is -2.28. The molecule has 708 valence electrons. The molecule has 0 unspecified atom stereocenters. The van der Waals surface area contributed by atoms with Gasteiger partial charge in [0, 0.05) is 122 Å². The smallest absolute Gasteiger partial charge is 0.275 e. The molecule has 2 saturated heterocycles. The number of morpholine rings is 1. The molecule has 0 radical (unpaired) electrons. The van der Waals surface area contributed by atoms with Gasteiger partial charge in [-0.3, -0.25) is 9.47 Å². The van der Waals surface area contributed by atoms with E-state index in [4.69, 9.17) is 41.6 Å². The Hall–Kier alpha value is -10.2. The van der Waals surface area contributed by atoms with E-state index in [1.807, 2.05) is 159 Å². The Morgan fingerprint density at radius 3 is 1.52 bits per heavy atom. The third-order valence-electron chi connectivity index (χ3n) is 20.4. The minimum atomic E-state index is -3.64. The average Bonchev–Trinajstić information content (AvgIpc) is 1.64. The lowest BCUT2D eigenvalue weighted by atomic mass is 9.94. The number of hydrogen-bond acceptors (Lipinski definition) is 29. The van der Waals surface area contributed by atoms with Crippen LogP contribution in [0.5, 0.6) is 0 Å². The molecule has 15 rings (SSSR count). The van der Waals surface area contributed by atoms with Crippen molar-refractivity contribution in [3.8, 4) is 28.8 Å². The Balaban J connectivity index is 0.000000173. The third-order valence-corrected chi connectivity index (χ3v) is 28.0. The molecular formula is C97H136N18O12P2S2. The van der Waals surface area contributed by atoms with Crippen LogP contribution in [0.4, 0.5) is 5.88 Å². The van der Waals surface area contributed by atoms with Crippen molar-refractivity contribution in [3.63, 3.8) is 0 Å². The van der Waals surface area contributed by atoms with E-state index in [-0.39, 0.29) is 48.9 Å². The molecule has 0 saturated carbocycles. The van der Waals surface area contributed by atoms with Crippen LogP contribution in [0.3, 0.4) is 0 Å². The molecule has 30 nitrogen and oxygen atoms in total. The number of piperidine rings is 1. The Bertz CT molecular complexity index is 5630. The van der Waals surface area contributed by atoms with E-state index < -0.39 is 24.3 Å². The van der Waals surface area contributed by atoms with Crippen LogP contribution in [0.2, 0.25) is 0 Å². The van der Waals surface area contributed by atoms with Gasteiger partial charge in [-0.25, -0.2) is 23.4 Å². The van der Waals surface area contributed by atoms with Crippen LogP contribution in [0.15, 0.2) is 205 Å². The van der Waals surface area contributed by atoms with Crippen LogP contribution in [-0.4, -0.2) is 159 Å². The number of anilines is 1. The Labute approximate surface area is 777 Å². The first-order valence-corrected chi connectivity index (χ1v) is 51.5. The maximum atomic E-state index is 12.8. The Kier molecular flexibility index (Phi) is 36.3. The summed E-state index contributed by atoms with van der Waals surface area (Å²) in [6.45, 7) is 55.5. The van der Waals surface area contributed by atoms with Gasteiger partial charge in [-0.15, -0.1) is 42.4 Å². The molecule has 2 aliphatic rings. The zero-order valence-corrected chi connectivity index (χ0v) is 84.5. The molecule has 3 N–H and O–H groups in total. The van der Waals surface area contributed by atoms with E-state index in [0.717, 1.165) is 97.0 Å². The molecular weight excluding hydrogens is 1740 g/mol. The van der Waals surface area contributed by atoms with Gasteiger partial charge in [-0.1, -0.05) is 274 Å². The van der Waals surface area contributed by atoms with Gasteiger partial charge in [0.2, 0.25) is 70.6 Å². The number of sulfonamides is 1. The minimum absolute atomic E-state index is 0.0403. The number of likely N-dealkylation sites (tertiary alicyclic amines) is 1. The Morgan fingerprint density at radius 2 is 1.00 bits per heavy atom. The monoisotopic (exact) mass is 1870 g/mol. The molecule has 13 aromatic rings. The van der Waals surface area contributed by atoms with Gasteiger partial charge in [0.1, 0.15) is 26.4 Å². The highest BCUT2D eigenvalue weighted by Gasteiger charge is 2.33. The highest BCUT2D eigenvalue weighted by atomic mass is 32.2. The van der Waals surface area contributed by atoms with Gasteiger partial charge >= 0.3 is 0 Å². The van der Waals surface area contributed by atoms with Gasteiger partial charge in [-0.2, -0.15) is 14.3 Å². The first kappa shape index (κ1) is 105. The molecule has 5 aromatic carbocycles. The number of ether oxygens (including phenoxy) is 1. The number of nitrogens with zero attached hydrogens (tertiary/aromatic N) is 16. The maximum Gasteiger partial charge on any atom is 0.275 e. The number of nitrogens with one attached hydrogen (secondary N) is 1. The molecule has 34 heteroatoms. The van der Waals surface area contributed by atoms with Gasteiger partial charge in [0.05, 0.1) is 44.1 Å². The fourth-order valence-electron chi connectivity index (χ4n) is 12.2. The number of rotatable bonds is 20. The number of oxazole rings is 2. The van der Waals surface area contributed by atoms with Crippen molar-refractivity contribution in [2.24, 2.45) is 5.73 Å². The molecule has 0 aliphatic carbocycles. The summed E-state index contributed by atoms with van der Waals surface area (Å²) in [6, 6.07) is 46.4. The normalized spacial score (nSPS) is 14.0.